The van der Waals surface area contributed by atoms with Gasteiger partial charge in [0, 0.05) is 0 Å². The predicted molar refractivity (Wildman–Crippen MR) is 63.5 cm³/mol. The zero-order valence-corrected chi connectivity index (χ0v) is 11.3. The highest BCUT2D eigenvalue weighted by molar-refractivity contribution is 5.72. The molecule has 0 aromatic heterocycles. The first-order valence-electron chi connectivity index (χ1n) is 5.62. The highest BCUT2D eigenvalue weighted by Crippen LogP contribution is 2.20. The van der Waals surface area contributed by atoms with Crippen LogP contribution in [0.4, 0.5) is 0 Å². The van der Waals surface area contributed by atoms with Gasteiger partial charge in [0.2, 0.25) is 0 Å². The van der Waals surface area contributed by atoms with Crippen molar-refractivity contribution in [1.82, 2.24) is 0 Å². The van der Waals surface area contributed by atoms with E-state index in [4.69, 9.17) is 33.4 Å². The summed E-state index contributed by atoms with van der Waals surface area (Å²) in [5, 5.41) is 17.5. The molecule has 10 N–H and O–H groups in total. The van der Waals surface area contributed by atoms with Gasteiger partial charge in [0.15, 0.2) is 0 Å². The summed E-state index contributed by atoms with van der Waals surface area (Å²) in [6.07, 6.45) is 0. The van der Waals surface area contributed by atoms with Gasteiger partial charge in [0.05, 0.1) is 26.2 Å². The second kappa shape index (κ2) is 9.54. The molecule has 0 spiro atoms. The van der Waals surface area contributed by atoms with Crippen LogP contribution in [0, 0.1) is 0 Å². The largest absolute Gasteiger partial charge is 0.402 e. The van der Waals surface area contributed by atoms with Gasteiger partial charge in [-0.3, -0.25) is 9.59 Å². The van der Waals surface area contributed by atoms with Gasteiger partial charge >= 0.3 is 23.9 Å². The van der Waals surface area contributed by atoms with Crippen molar-refractivity contribution in [2.24, 2.45) is 22.9 Å². The minimum Gasteiger partial charge on any atom is -0.402 e. The summed E-state index contributed by atoms with van der Waals surface area (Å²) in [5.74, 6) is -7.59. The maximum Gasteiger partial charge on any atom is 0.395 e. The molecule has 0 bridgehead atoms. The van der Waals surface area contributed by atoms with Crippen LogP contribution < -0.4 is 22.9 Å². The van der Waals surface area contributed by atoms with E-state index in [1.54, 1.807) is 0 Å². The van der Waals surface area contributed by atoms with Crippen molar-refractivity contribution < 1.29 is 49.1 Å². The Bertz CT molecular complexity index is 325. The molecule has 0 heterocycles. The highest BCUT2D eigenvalue weighted by atomic mass is 17.4. The van der Waals surface area contributed by atoms with E-state index >= 15 is 0 Å². The summed E-state index contributed by atoms with van der Waals surface area (Å²) < 4.78 is 8.90. The number of carbonyl (C=O) groups excluding carboxylic acids is 2. The Morgan fingerprint density at radius 3 is 1.27 bits per heavy atom. The first-order chi connectivity index (χ1) is 10.4. The fourth-order valence-corrected chi connectivity index (χ4v) is 0.885. The van der Waals surface area contributed by atoms with Crippen LogP contribution in [-0.2, 0) is 38.6 Å². The van der Waals surface area contributed by atoms with Crippen molar-refractivity contribution >= 4 is 11.9 Å². The number of hydrogen-bond donors (Lipinski definition) is 6. The Kier molecular flexibility index (Phi) is 8.90. The standard InChI is InChI=1S/C8H18N4O10/c9-1-5(13)17-7(3-11,19-15)21-22-8(4-12,20-16)18-6(14)2-10/h15-16H,1-4,9-12H2. The first kappa shape index (κ1) is 20.5. The zero-order chi connectivity index (χ0) is 17.2. The van der Waals surface area contributed by atoms with Crippen LogP contribution in [-0.4, -0.2) is 60.6 Å². The van der Waals surface area contributed by atoms with Crippen molar-refractivity contribution in [3.63, 3.8) is 0 Å². The normalized spacial score (nSPS) is 16.5. The summed E-state index contributed by atoms with van der Waals surface area (Å²) in [7, 11) is 0. The molecule has 130 valence electrons. The van der Waals surface area contributed by atoms with Gasteiger partial charge in [-0.1, -0.05) is 0 Å². The Morgan fingerprint density at radius 1 is 0.773 bits per heavy atom. The molecule has 0 saturated carbocycles. The van der Waals surface area contributed by atoms with E-state index in [2.05, 4.69) is 29.0 Å². The number of carbonyl (C=O) groups is 2. The van der Waals surface area contributed by atoms with Crippen molar-refractivity contribution in [3.05, 3.63) is 0 Å². The number of ether oxygens (including phenoxy) is 2. The van der Waals surface area contributed by atoms with Crippen LogP contribution >= 0.6 is 0 Å². The summed E-state index contributed by atoms with van der Waals surface area (Å²) in [6, 6.07) is 0. The van der Waals surface area contributed by atoms with Crippen molar-refractivity contribution in [1.29, 1.82) is 0 Å². The van der Waals surface area contributed by atoms with E-state index in [9.17, 15) is 9.59 Å². The SMILES string of the molecule is NCC(=O)OC(CN)(OO)OOC(CN)(OO)OC(=O)CN. The lowest BCUT2D eigenvalue weighted by atomic mass is 10.5. The predicted octanol–water partition coefficient (Wildman–Crippen LogP) is -3.86. The third-order valence-electron chi connectivity index (χ3n) is 1.95. The Labute approximate surface area is 123 Å². The smallest absolute Gasteiger partial charge is 0.395 e. The lowest BCUT2D eigenvalue weighted by Gasteiger charge is -2.31. The molecule has 0 aromatic carbocycles. The average Bonchev–Trinajstić information content (AvgIpc) is 2.56. The quantitative estimate of drug-likeness (QED) is 0.0920. The maximum absolute atomic E-state index is 11.1. The van der Waals surface area contributed by atoms with Gasteiger partial charge in [0.25, 0.3) is 0 Å². The minimum absolute atomic E-state index is 0.616. The van der Waals surface area contributed by atoms with Crippen LogP contribution in [0.15, 0.2) is 0 Å². The lowest BCUT2D eigenvalue weighted by molar-refractivity contribution is -0.631. The molecule has 14 nitrogen and oxygen atoms in total. The van der Waals surface area contributed by atoms with Gasteiger partial charge in [0.1, 0.15) is 0 Å². The molecule has 0 aliphatic heterocycles. The van der Waals surface area contributed by atoms with Gasteiger partial charge in [-0.05, 0) is 0 Å². The number of hydrogen-bond acceptors (Lipinski definition) is 14. The van der Waals surface area contributed by atoms with Crippen LogP contribution in [0.3, 0.4) is 0 Å². The Hall–Kier alpha value is -1.46. The molecule has 0 amide bonds. The van der Waals surface area contributed by atoms with Crippen LogP contribution in [0.5, 0.6) is 0 Å². The molecule has 0 aromatic rings. The fraction of sp³-hybridized carbons (Fsp3) is 0.750. The van der Waals surface area contributed by atoms with E-state index in [-0.39, 0.29) is 0 Å². The average molecular weight is 330 g/mol. The molecule has 0 aliphatic carbocycles. The monoisotopic (exact) mass is 330 g/mol. The van der Waals surface area contributed by atoms with Gasteiger partial charge in [-0.2, -0.15) is 9.78 Å². The topological polar surface area (TPSA) is 234 Å². The summed E-state index contributed by atoms with van der Waals surface area (Å²) in [6.45, 7) is -2.83. The van der Waals surface area contributed by atoms with E-state index in [1.807, 2.05) is 0 Å². The number of esters is 2. The Balaban J connectivity index is 5.03. The number of rotatable bonds is 11. The molecule has 0 rings (SSSR count). The van der Waals surface area contributed by atoms with Gasteiger partial charge in [-0.15, -0.1) is 9.78 Å². The van der Waals surface area contributed by atoms with Crippen LogP contribution in [0.2, 0.25) is 0 Å². The molecule has 0 radical (unpaired) electrons. The van der Waals surface area contributed by atoms with E-state index < -0.39 is 50.1 Å². The second-order valence-corrected chi connectivity index (χ2v) is 3.48. The maximum atomic E-state index is 11.1. The van der Waals surface area contributed by atoms with Crippen LogP contribution in [0.1, 0.15) is 0 Å². The molecular weight excluding hydrogens is 312 g/mol. The summed E-state index contributed by atoms with van der Waals surface area (Å²) in [4.78, 5) is 38.5. The molecule has 14 heteroatoms. The molecular formula is C8H18N4O10. The third kappa shape index (κ3) is 5.73. The summed E-state index contributed by atoms with van der Waals surface area (Å²) >= 11 is 0. The van der Waals surface area contributed by atoms with Gasteiger partial charge < -0.3 is 32.4 Å². The van der Waals surface area contributed by atoms with Crippen molar-refractivity contribution in [2.45, 2.75) is 11.9 Å². The highest BCUT2D eigenvalue weighted by Gasteiger charge is 2.45. The van der Waals surface area contributed by atoms with E-state index in [1.165, 1.54) is 0 Å². The van der Waals surface area contributed by atoms with E-state index in [0.717, 1.165) is 0 Å². The Morgan fingerprint density at radius 2 is 1.09 bits per heavy atom. The van der Waals surface area contributed by atoms with E-state index in [0.29, 0.717) is 0 Å². The molecule has 0 fully saturated rings. The molecule has 0 saturated heterocycles. The second-order valence-electron chi connectivity index (χ2n) is 3.48. The fourth-order valence-electron chi connectivity index (χ4n) is 0.885. The first-order valence-corrected chi connectivity index (χ1v) is 5.62. The third-order valence-corrected chi connectivity index (χ3v) is 1.95. The zero-order valence-electron chi connectivity index (χ0n) is 11.3. The molecule has 0 aliphatic rings. The number of nitrogens with two attached hydrogens (primary N) is 4. The van der Waals surface area contributed by atoms with Crippen LogP contribution in [0.25, 0.3) is 0 Å². The molecule has 2 unspecified atom stereocenters. The molecule has 22 heavy (non-hydrogen) atoms. The lowest BCUT2D eigenvalue weighted by Crippen LogP contribution is -2.54. The summed E-state index contributed by atoms with van der Waals surface area (Å²) in [5.41, 5.74) is 20.4. The minimum atomic E-state index is -2.69. The van der Waals surface area contributed by atoms with Gasteiger partial charge in [-0.25, -0.2) is 10.5 Å². The van der Waals surface area contributed by atoms with Crippen molar-refractivity contribution in [2.75, 3.05) is 26.2 Å². The molecule has 2 atom stereocenters. The van der Waals surface area contributed by atoms with Crippen molar-refractivity contribution in [3.8, 4) is 0 Å².